The van der Waals surface area contributed by atoms with E-state index < -0.39 is 44.6 Å². The number of hydrogen-bond donors (Lipinski definition) is 2. The summed E-state index contributed by atoms with van der Waals surface area (Å²) in [5, 5.41) is 7.65. The van der Waals surface area contributed by atoms with Gasteiger partial charge in [0.25, 0.3) is 5.56 Å². The lowest BCUT2D eigenvalue weighted by atomic mass is 10.1. The van der Waals surface area contributed by atoms with E-state index in [4.69, 9.17) is 5.41 Å². The molecule has 0 aliphatic heterocycles. The van der Waals surface area contributed by atoms with Crippen LogP contribution in [0.3, 0.4) is 0 Å². The zero-order valence-corrected chi connectivity index (χ0v) is 17.4. The number of rotatable bonds is 5. The molecule has 0 aliphatic carbocycles. The second-order valence-corrected chi connectivity index (χ2v) is 8.76. The molecular formula is C16H16F4N4O4S2. The van der Waals surface area contributed by atoms with Crippen molar-refractivity contribution in [3.8, 4) is 5.69 Å². The fraction of sp³-hybridized carbons (Fsp3) is 0.312. The summed E-state index contributed by atoms with van der Waals surface area (Å²) in [4.78, 5) is 24.6. The number of hydrogen-bond acceptors (Lipinski definition) is 6. The Kier molecular flexibility index (Phi) is 6.51. The average molecular weight is 468 g/mol. The van der Waals surface area contributed by atoms with Gasteiger partial charge in [-0.05, 0) is 25.3 Å². The van der Waals surface area contributed by atoms with E-state index in [1.165, 1.54) is 13.2 Å². The van der Waals surface area contributed by atoms with Crippen molar-refractivity contribution < 1.29 is 26.0 Å². The molecule has 30 heavy (non-hydrogen) atoms. The third kappa shape index (κ3) is 4.59. The van der Waals surface area contributed by atoms with Gasteiger partial charge >= 0.3 is 11.9 Å². The Balaban J connectivity index is 2.87. The molecule has 0 radical (unpaired) electrons. The lowest BCUT2D eigenvalue weighted by molar-refractivity contribution is -0.144. The molecule has 1 heterocycles. The smallest absolute Gasteiger partial charge is 0.293 e. The molecule has 2 rings (SSSR count). The van der Waals surface area contributed by atoms with Crippen LogP contribution in [-0.4, -0.2) is 34.6 Å². The maximum Gasteiger partial charge on any atom is 0.431 e. The summed E-state index contributed by atoms with van der Waals surface area (Å²) in [7, 11) is -3.14. The zero-order valence-electron chi connectivity index (χ0n) is 15.8. The third-order valence-electron chi connectivity index (χ3n) is 4.03. The molecule has 1 aromatic heterocycles. The van der Waals surface area contributed by atoms with Crippen molar-refractivity contribution in [1.82, 2.24) is 9.13 Å². The van der Waals surface area contributed by atoms with Crippen molar-refractivity contribution in [2.45, 2.75) is 13.1 Å². The van der Waals surface area contributed by atoms with Crippen molar-refractivity contribution in [2.75, 3.05) is 16.7 Å². The first-order chi connectivity index (χ1) is 13.7. The molecule has 0 spiro atoms. The highest BCUT2D eigenvalue weighted by Gasteiger charge is 2.35. The number of aromatic nitrogens is 2. The summed E-state index contributed by atoms with van der Waals surface area (Å²) in [5.74, 6) is -1.57. The highest BCUT2D eigenvalue weighted by atomic mass is 32.2. The number of nitrogens with one attached hydrogen (secondary N) is 2. The normalized spacial score (nSPS) is 12.1. The number of alkyl halides is 3. The molecule has 0 fully saturated rings. The summed E-state index contributed by atoms with van der Waals surface area (Å²) in [5.41, 5.74) is -5.70. The van der Waals surface area contributed by atoms with Gasteiger partial charge in [-0.2, -0.15) is 13.2 Å². The Hall–Kier alpha value is -2.61. The third-order valence-corrected chi connectivity index (χ3v) is 5.95. The summed E-state index contributed by atoms with van der Waals surface area (Å²) in [6, 6.07) is 1.65. The van der Waals surface area contributed by atoms with Crippen LogP contribution in [0.1, 0.15) is 18.2 Å². The number of nitrogens with zero attached hydrogens (tertiary/aromatic N) is 2. The minimum absolute atomic E-state index is 0.134. The average Bonchev–Trinajstić information content (AvgIpc) is 2.65. The van der Waals surface area contributed by atoms with Crippen molar-refractivity contribution in [3.63, 3.8) is 0 Å². The topological polar surface area (TPSA) is 114 Å². The predicted octanol–water partition coefficient (Wildman–Crippen LogP) is 2.14. The molecule has 1 aromatic carbocycles. The molecule has 0 atom stereocenters. The number of sulfonamides is 1. The molecule has 2 N–H and O–H groups in total. The largest absolute Gasteiger partial charge is 0.431 e. The van der Waals surface area contributed by atoms with Crippen LogP contribution in [-0.2, 0) is 23.2 Å². The molecular weight excluding hydrogens is 452 g/mol. The SMILES string of the molecule is CCS(=O)(=O)Nc1cc(-n2c(=O)cc(C(F)(F)F)n(C)c2=O)c(F)cc1C(=N)SC. The van der Waals surface area contributed by atoms with Gasteiger partial charge in [-0.1, -0.05) is 0 Å². The Labute approximate surface area is 172 Å². The summed E-state index contributed by atoms with van der Waals surface area (Å²) in [6.45, 7) is 1.32. The van der Waals surface area contributed by atoms with E-state index in [0.717, 1.165) is 30.9 Å². The van der Waals surface area contributed by atoms with Crippen LogP contribution >= 0.6 is 11.8 Å². The van der Waals surface area contributed by atoms with Crippen molar-refractivity contribution in [3.05, 3.63) is 56.1 Å². The van der Waals surface area contributed by atoms with E-state index in [2.05, 4.69) is 4.72 Å². The second-order valence-electron chi connectivity index (χ2n) is 5.93. The zero-order chi connectivity index (χ0) is 23.0. The van der Waals surface area contributed by atoms with Crippen LogP contribution in [0.5, 0.6) is 0 Å². The monoisotopic (exact) mass is 468 g/mol. The molecule has 2 aromatic rings. The lowest BCUT2D eigenvalue weighted by Gasteiger charge is -2.17. The van der Waals surface area contributed by atoms with E-state index in [9.17, 15) is 35.6 Å². The molecule has 0 saturated carbocycles. The quantitative estimate of drug-likeness (QED) is 0.397. The predicted molar refractivity (Wildman–Crippen MR) is 106 cm³/mol. The summed E-state index contributed by atoms with van der Waals surface area (Å²) in [6.07, 6.45) is -3.51. The van der Waals surface area contributed by atoms with Gasteiger partial charge in [-0.25, -0.2) is 22.2 Å². The van der Waals surface area contributed by atoms with E-state index in [-0.39, 0.29) is 37.2 Å². The number of halogens is 4. The van der Waals surface area contributed by atoms with E-state index in [1.54, 1.807) is 0 Å². The first-order valence-electron chi connectivity index (χ1n) is 8.11. The Morgan fingerprint density at radius 3 is 2.33 bits per heavy atom. The number of anilines is 1. The highest BCUT2D eigenvalue weighted by molar-refractivity contribution is 8.13. The van der Waals surface area contributed by atoms with Crippen LogP contribution in [0, 0.1) is 11.2 Å². The molecule has 0 bridgehead atoms. The van der Waals surface area contributed by atoms with Gasteiger partial charge in [0.15, 0.2) is 0 Å². The lowest BCUT2D eigenvalue weighted by Crippen LogP contribution is -2.41. The molecule has 0 saturated heterocycles. The summed E-state index contributed by atoms with van der Waals surface area (Å²) >= 11 is 0.872. The first-order valence-corrected chi connectivity index (χ1v) is 11.0. The van der Waals surface area contributed by atoms with Gasteiger partial charge in [0.2, 0.25) is 10.0 Å². The van der Waals surface area contributed by atoms with Crippen molar-refractivity contribution in [2.24, 2.45) is 7.05 Å². The van der Waals surface area contributed by atoms with Crippen molar-refractivity contribution in [1.29, 1.82) is 5.41 Å². The molecule has 14 heteroatoms. The first kappa shape index (κ1) is 23.7. The Morgan fingerprint density at radius 1 is 1.23 bits per heavy atom. The van der Waals surface area contributed by atoms with Crippen LogP contribution in [0.4, 0.5) is 23.2 Å². The Morgan fingerprint density at radius 2 is 1.83 bits per heavy atom. The fourth-order valence-corrected chi connectivity index (χ4v) is 3.51. The van der Waals surface area contributed by atoms with Gasteiger partial charge in [0, 0.05) is 18.7 Å². The number of thioether (sulfide) groups is 1. The van der Waals surface area contributed by atoms with E-state index in [1.807, 2.05) is 0 Å². The minimum atomic E-state index is -5.00. The van der Waals surface area contributed by atoms with Crippen LogP contribution in [0.2, 0.25) is 0 Å². The van der Waals surface area contributed by atoms with Crippen LogP contribution in [0.25, 0.3) is 5.69 Å². The van der Waals surface area contributed by atoms with Gasteiger partial charge in [0.1, 0.15) is 11.5 Å². The molecule has 0 amide bonds. The summed E-state index contributed by atoms with van der Waals surface area (Å²) < 4.78 is 80.1. The second kappa shape index (κ2) is 8.26. The molecule has 164 valence electrons. The van der Waals surface area contributed by atoms with Gasteiger partial charge in [0.05, 0.1) is 22.2 Å². The standard InChI is InChI=1S/C16H16F4N4O4S2/c1-4-30(27,28)22-10-6-11(9(17)5-8(10)14(21)29-3)24-13(25)7-12(16(18,19)20)23(2)15(24)26/h5-7,21-22H,4H2,1-3H3. The van der Waals surface area contributed by atoms with Crippen molar-refractivity contribution >= 4 is 32.5 Å². The van der Waals surface area contributed by atoms with Gasteiger partial charge in [-0.3, -0.25) is 19.5 Å². The number of benzene rings is 1. The van der Waals surface area contributed by atoms with Gasteiger partial charge < -0.3 is 0 Å². The maximum atomic E-state index is 14.7. The Bertz CT molecular complexity index is 1230. The molecule has 0 unspecified atom stereocenters. The fourth-order valence-electron chi connectivity index (χ4n) is 2.47. The highest BCUT2D eigenvalue weighted by Crippen LogP contribution is 2.28. The van der Waals surface area contributed by atoms with E-state index >= 15 is 0 Å². The maximum absolute atomic E-state index is 14.7. The van der Waals surface area contributed by atoms with Crippen LogP contribution in [0.15, 0.2) is 27.8 Å². The van der Waals surface area contributed by atoms with E-state index in [0.29, 0.717) is 0 Å². The van der Waals surface area contributed by atoms with Crippen LogP contribution < -0.4 is 16.0 Å². The van der Waals surface area contributed by atoms with Gasteiger partial charge in [-0.15, -0.1) is 11.8 Å². The molecule has 0 aliphatic rings. The minimum Gasteiger partial charge on any atom is -0.293 e. The molecule has 8 nitrogen and oxygen atoms in total.